The van der Waals surface area contributed by atoms with E-state index in [0.717, 1.165) is 0 Å². The Hall–Kier alpha value is -1.22. The summed E-state index contributed by atoms with van der Waals surface area (Å²) in [6, 6.07) is 0. The molecule has 23 heavy (non-hydrogen) atoms. The Balaban J connectivity index is 1.93. The molecule has 2 rings (SSSR count). The largest absolute Gasteiger partial charge is 0.353 e. The lowest BCUT2D eigenvalue weighted by molar-refractivity contribution is 0.417. The fraction of sp³-hybridized carbons (Fsp3) is 0.455. The van der Waals surface area contributed by atoms with Gasteiger partial charge in [-0.25, -0.2) is 0 Å². The molecule has 0 unspecified atom stereocenters. The average Bonchev–Trinajstić information content (AvgIpc) is 2.41. The van der Waals surface area contributed by atoms with Crippen LogP contribution in [-0.2, 0) is 0 Å². The van der Waals surface area contributed by atoms with Crippen molar-refractivity contribution in [2.45, 2.75) is 13.8 Å². The summed E-state index contributed by atoms with van der Waals surface area (Å²) in [6.45, 7) is 5.09. The first-order valence-corrected chi connectivity index (χ1v) is 7.87. The second-order valence-corrected chi connectivity index (χ2v) is 6.62. The number of nitrogens with zero attached hydrogens (tertiary/aromatic N) is 6. The molecule has 0 spiro atoms. The average molecular weight is 398 g/mol. The number of rotatable bonds is 6. The van der Waals surface area contributed by atoms with Gasteiger partial charge in [-0.05, 0) is 51.8 Å². The molecule has 0 atom stereocenters. The number of hydrogen-bond donors (Lipinski definition) is 2. The minimum Gasteiger partial charge on any atom is -0.353 e. The standard InChI is InChI=1S/C11H12Cl4N8/c1-11(2,3-16-9-20-5(12)18-6(13)21-9)4-17-10-22-7(14)19-8(15)23-10/h3-4H2,1-2H3,(H,16,18,20,21)(H,17,19,22,23). The van der Waals surface area contributed by atoms with Crippen molar-refractivity contribution in [2.24, 2.45) is 5.41 Å². The van der Waals surface area contributed by atoms with Gasteiger partial charge in [-0.2, -0.15) is 29.9 Å². The zero-order valence-electron chi connectivity index (χ0n) is 12.1. The predicted molar refractivity (Wildman–Crippen MR) is 90.5 cm³/mol. The highest BCUT2D eigenvalue weighted by Gasteiger charge is 2.19. The van der Waals surface area contributed by atoms with Gasteiger partial charge < -0.3 is 10.6 Å². The third kappa shape index (κ3) is 6.06. The Labute approximate surface area is 152 Å². The molecule has 0 fully saturated rings. The van der Waals surface area contributed by atoms with Crippen molar-refractivity contribution in [1.29, 1.82) is 0 Å². The third-order valence-electron chi connectivity index (χ3n) is 2.61. The van der Waals surface area contributed by atoms with Gasteiger partial charge in [0, 0.05) is 13.1 Å². The summed E-state index contributed by atoms with van der Waals surface area (Å²) < 4.78 is 0. The fourth-order valence-corrected chi connectivity index (χ4v) is 2.24. The molecule has 2 heterocycles. The number of anilines is 2. The van der Waals surface area contributed by atoms with Crippen molar-refractivity contribution in [1.82, 2.24) is 29.9 Å². The molecule has 0 saturated carbocycles. The number of aromatic nitrogens is 6. The van der Waals surface area contributed by atoms with Crippen LogP contribution >= 0.6 is 46.4 Å². The topological polar surface area (TPSA) is 101 Å². The first-order chi connectivity index (χ1) is 10.7. The molecule has 8 nitrogen and oxygen atoms in total. The minimum atomic E-state index is -0.211. The van der Waals surface area contributed by atoms with E-state index in [9.17, 15) is 0 Å². The van der Waals surface area contributed by atoms with Gasteiger partial charge in [0.05, 0.1) is 0 Å². The normalized spacial score (nSPS) is 11.4. The molecule has 0 radical (unpaired) electrons. The quantitative estimate of drug-likeness (QED) is 0.765. The molecular weight excluding hydrogens is 386 g/mol. The third-order valence-corrected chi connectivity index (χ3v) is 3.29. The Bertz CT molecular complexity index is 598. The summed E-state index contributed by atoms with van der Waals surface area (Å²) in [5, 5.41) is 6.20. The summed E-state index contributed by atoms with van der Waals surface area (Å²) in [6.07, 6.45) is 0. The SMILES string of the molecule is CC(C)(CNc1nc(Cl)nc(Cl)n1)CNc1nc(Cl)nc(Cl)n1. The van der Waals surface area contributed by atoms with Crippen LogP contribution in [-0.4, -0.2) is 43.0 Å². The molecular formula is C11H12Cl4N8. The smallest absolute Gasteiger partial charge is 0.228 e. The molecule has 0 aliphatic carbocycles. The van der Waals surface area contributed by atoms with Gasteiger partial charge in [0.1, 0.15) is 0 Å². The lowest BCUT2D eigenvalue weighted by Gasteiger charge is -2.25. The van der Waals surface area contributed by atoms with Crippen LogP contribution in [0.2, 0.25) is 21.1 Å². The van der Waals surface area contributed by atoms with E-state index in [2.05, 4.69) is 40.5 Å². The summed E-state index contributed by atoms with van der Waals surface area (Å²) in [4.78, 5) is 23.1. The Morgan fingerprint density at radius 3 is 1.26 bits per heavy atom. The second-order valence-electron chi connectivity index (χ2n) is 5.27. The van der Waals surface area contributed by atoms with E-state index in [-0.39, 0.29) is 26.5 Å². The molecule has 0 aromatic carbocycles. The van der Waals surface area contributed by atoms with E-state index in [1.54, 1.807) is 0 Å². The highest BCUT2D eigenvalue weighted by Crippen LogP contribution is 2.18. The highest BCUT2D eigenvalue weighted by atomic mass is 35.5. The van der Waals surface area contributed by atoms with E-state index < -0.39 is 0 Å². The van der Waals surface area contributed by atoms with Crippen LogP contribution in [0.4, 0.5) is 11.9 Å². The molecule has 0 amide bonds. The summed E-state index contributed by atoms with van der Waals surface area (Å²) >= 11 is 22.9. The van der Waals surface area contributed by atoms with Gasteiger partial charge in [0.25, 0.3) is 0 Å². The molecule has 2 N–H and O–H groups in total. The van der Waals surface area contributed by atoms with Crippen molar-refractivity contribution in [3.05, 3.63) is 21.1 Å². The maximum Gasteiger partial charge on any atom is 0.228 e. The van der Waals surface area contributed by atoms with Crippen LogP contribution in [0.3, 0.4) is 0 Å². The number of halogens is 4. The molecule has 0 aliphatic heterocycles. The van der Waals surface area contributed by atoms with E-state index in [1.807, 2.05) is 13.8 Å². The van der Waals surface area contributed by atoms with Gasteiger partial charge in [-0.1, -0.05) is 13.8 Å². The van der Waals surface area contributed by atoms with Gasteiger partial charge in [-0.3, -0.25) is 0 Å². The zero-order valence-corrected chi connectivity index (χ0v) is 15.1. The van der Waals surface area contributed by atoms with Crippen LogP contribution in [0, 0.1) is 5.41 Å². The Morgan fingerprint density at radius 2 is 0.957 bits per heavy atom. The van der Waals surface area contributed by atoms with Crippen molar-refractivity contribution in [3.63, 3.8) is 0 Å². The Morgan fingerprint density at radius 1 is 0.652 bits per heavy atom. The first kappa shape index (κ1) is 18.1. The maximum absolute atomic E-state index is 5.72. The van der Waals surface area contributed by atoms with Crippen molar-refractivity contribution < 1.29 is 0 Å². The molecule has 0 bridgehead atoms. The lowest BCUT2D eigenvalue weighted by atomic mass is 9.93. The maximum atomic E-state index is 5.72. The van der Waals surface area contributed by atoms with Crippen LogP contribution < -0.4 is 10.6 Å². The molecule has 0 aliphatic rings. The minimum absolute atomic E-state index is 0.0258. The summed E-state index contributed by atoms with van der Waals surface area (Å²) in [5.74, 6) is 0.601. The van der Waals surface area contributed by atoms with E-state index in [1.165, 1.54) is 0 Å². The van der Waals surface area contributed by atoms with Crippen LogP contribution in [0.5, 0.6) is 0 Å². The highest BCUT2D eigenvalue weighted by molar-refractivity contribution is 6.31. The monoisotopic (exact) mass is 396 g/mol. The van der Waals surface area contributed by atoms with E-state index in [4.69, 9.17) is 46.4 Å². The fourth-order valence-electron chi connectivity index (χ4n) is 1.51. The first-order valence-electron chi connectivity index (χ1n) is 6.35. The molecule has 124 valence electrons. The van der Waals surface area contributed by atoms with E-state index in [0.29, 0.717) is 25.0 Å². The van der Waals surface area contributed by atoms with Crippen LogP contribution in [0.25, 0.3) is 0 Å². The van der Waals surface area contributed by atoms with Crippen molar-refractivity contribution in [2.75, 3.05) is 23.7 Å². The molecule has 12 heteroatoms. The lowest BCUT2D eigenvalue weighted by Crippen LogP contribution is -2.32. The van der Waals surface area contributed by atoms with E-state index >= 15 is 0 Å². The molecule has 0 saturated heterocycles. The predicted octanol–water partition coefficient (Wildman–Crippen LogP) is 3.22. The second kappa shape index (κ2) is 7.57. The Kier molecular flexibility index (Phi) is 5.96. The van der Waals surface area contributed by atoms with Gasteiger partial charge >= 0.3 is 0 Å². The molecule has 2 aromatic rings. The van der Waals surface area contributed by atoms with Crippen molar-refractivity contribution in [3.8, 4) is 0 Å². The number of hydrogen-bond acceptors (Lipinski definition) is 8. The summed E-state index contributed by atoms with van der Waals surface area (Å²) in [7, 11) is 0. The van der Waals surface area contributed by atoms with Crippen molar-refractivity contribution >= 4 is 58.3 Å². The van der Waals surface area contributed by atoms with Gasteiger partial charge in [0.2, 0.25) is 33.0 Å². The number of nitrogens with one attached hydrogen (secondary N) is 2. The van der Waals surface area contributed by atoms with Crippen LogP contribution in [0.1, 0.15) is 13.8 Å². The summed E-state index contributed by atoms with van der Waals surface area (Å²) in [5.41, 5.74) is -0.211. The zero-order chi connectivity index (χ0) is 17.0. The van der Waals surface area contributed by atoms with Crippen LogP contribution in [0.15, 0.2) is 0 Å². The van der Waals surface area contributed by atoms with Gasteiger partial charge in [-0.15, -0.1) is 0 Å². The molecule has 2 aromatic heterocycles. The van der Waals surface area contributed by atoms with Gasteiger partial charge in [0.15, 0.2) is 0 Å².